The van der Waals surface area contributed by atoms with Crippen molar-refractivity contribution < 1.29 is 33.8 Å². The third-order valence-corrected chi connectivity index (χ3v) is 5.80. The molecule has 2 N–H and O–H groups in total. The van der Waals surface area contributed by atoms with E-state index in [0.29, 0.717) is 11.1 Å². The van der Waals surface area contributed by atoms with Gasteiger partial charge in [0.1, 0.15) is 0 Å². The van der Waals surface area contributed by atoms with E-state index in [1.165, 1.54) is 24.3 Å². The van der Waals surface area contributed by atoms with Gasteiger partial charge in [0.05, 0.1) is 11.1 Å². The van der Waals surface area contributed by atoms with Crippen molar-refractivity contribution in [3.8, 4) is 0 Å². The fraction of sp³-hybridized carbons (Fsp3) is 0.133. The van der Waals surface area contributed by atoms with Crippen molar-refractivity contribution in [1.29, 1.82) is 0 Å². The first-order valence-electron chi connectivity index (χ1n) is 11.8. The molecule has 0 aromatic heterocycles. The van der Waals surface area contributed by atoms with Crippen LogP contribution in [0.5, 0.6) is 0 Å². The molecular weight excluding hydrogens is 486 g/mol. The minimum Gasteiger partial charge on any atom is -0.478 e. The summed E-state index contributed by atoms with van der Waals surface area (Å²) >= 11 is 0. The number of aryl methyl sites for hydroxylation is 2. The summed E-state index contributed by atoms with van der Waals surface area (Å²) in [6, 6.07) is 25.2. The van der Waals surface area contributed by atoms with Gasteiger partial charge in [-0.25, -0.2) is 14.4 Å². The molecule has 0 bridgehead atoms. The van der Waals surface area contributed by atoms with Gasteiger partial charge >= 0.3 is 17.9 Å². The minimum absolute atomic E-state index is 0.0921. The Kier molecular flexibility index (Phi) is 7.82. The van der Waals surface area contributed by atoms with E-state index in [1.807, 2.05) is 18.2 Å². The molecule has 0 saturated carbocycles. The maximum atomic E-state index is 13.5. The van der Waals surface area contributed by atoms with Gasteiger partial charge in [0, 0.05) is 11.1 Å². The number of rotatable bonds is 8. The van der Waals surface area contributed by atoms with E-state index in [2.05, 4.69) is 5.32 Å². The molecule has 0 saturated heterocycles. The number of aliphatic carboxylic acids is 1. The number of carboxylic acid groups (broad SMARTS) is 1. The molecule has 8 nitrogen and oxygen atoms in total. The van der Waals surface area contributed by atoms with Gasteiger partial charge in [-0.2, -0.15) is 0 Å². The Morgan fingerprint density at radius 2 is 1.21 bits per heavy atom. The second-order valence-corrected chi connectivity index (χ2v) is 8.74. The molecule has 1 amide bonds. The molecule has 192 valence electrons. The molecule has 4 aromatic rings. The smallest absolute Gasteiger partial charge is 0.349 e. The monoisotopic (exact) mass is 511 g/mol. The Bertz CT molecular complexity index is 1520. The molecule has 38 heavy (non-hydrogen) atoms. The second kappa shape index (κ2) is 11.4. The first kappa shape index (κ1) is 26.1. The highest BCUT2D eigenvalue weighted by Gasteiger charge is 2.41. The number of esters is 2. The molecule has 0 aliphatic heterocycles. The summed E-state index contributed by atoms with van der Waals surface area (Å²) in [5, 5.41) is 14.1. The predicted octanol–water partition coefficient (Wildman–Crippen LogP) is 4.93. The molecule has 0 heterocycles. The van der Waals surface area contributed by atoms with Gasteiger partial charge in [0.15, 0.2) is 0 Å². The molecule has 8 heteroatoms. The first-order chi connectivity index (χ1) is 18.2. The van der Waals surface area contributed by atoms with Gasteiger partial charge in [-0.15, -0.1) is 0 Å². The topological polar surface area (TPSA) is 119 Å². The maximum absolute atomic E-state index is 13.5. The summed E-state index contributed by atoms with van der Waals surface area (Å²) in [5.41, 5.74) is 2.09. The molecule has 0 fully saturated rings. The van der Waals surface area contributed by atoms with Gasteiger partial charge in [-0.3, -0.25) is 4.79 Å². The van der Waals surface area contributed by atoms with Gasteiger partial charge in [0.2, 0.25) is 12.2 Å². The van der Waals surface area contributed by atoms with Crippen LogP contribution < -0.4 is 5.32 Å². The number of carbonyl (C=O) groups excluding carboxylic acids is 3. The van der Waals surface area contributed by atoms with Crippen molar-refractivity contribution in [3.63, 3.8) is 0 Å². The number of nitrogens with one attached hydrogen (secondary N) is 1. The molecule has 4 rings (SSSR count). The van der Waals surface area contributed by atoms with Crippen molar-refractivity contribution in [3.05, 3.63) is 113 Å². The maximum Gasteiger partial charge on any atom is 0.349 e. The van der Waals surface area contributed by atoms with E-state index in [4.69, 9.17) is 9.47 Å². The van der Waals surface area contributed by atoms with E-state index in [1.54, 1.807) is 62.4 Å². The van der Waals surface area contributed by atoms with Crippen LogP contribution in [0.4, 0.5) is 5.69 Å². The van der Waals surface area contributed by atoms with Gasteiger partial charge in [-0.1, -0.05) is 71.8 Å². The normalized spacial score (nSPS) is 12.3. The molecule has 4 aromatic carbocycles. The van der Waals surface area contributed by atoms with Crippen molar-refractivity contribution in [2.24, 2.45) is 0 Å². The van der Waals surface area contributed by atoms with Crippen LogP contribution in [0.1, 0.15) is 31.8 Å². The van der Waals surface area contributed by atoms with Crippen molar-refractivity contribution in [2.45, 2.75) is 26.1 Å². The Morgan fingerprint density at radius 1 is 0.684 bits per heavy atom. The zero-order valence-electron chi connectivity index (χ0n) is 20.7. The highest BCUT2D eigenvalue weighted by atomic mass is 16.6. The number of hydrogen-bond acceptors (Lipinski definition) is 6. The van der Waals surface area contributed by atoms with Crippen molar-refractivity contribution >= 4 is 40.3 Å². The molecular formula is C30H25NO7. The molecule has 0 radical (unpaired) electrons. The Balaban J connectivity index is 1.68. The number of ether oxygens (including phenoxy) is 2. The molecule has 0 spiro atoms. The largest absolute Gasteiger partial charge is 0.478 e. The average Bonchev–Trinajstić information content (AvgIpc) is 2.90. The summed E-state index contributed by atoms with van der Waals surface area (Å²) < 4.78 is 10.7. The van der Waals surface area contributed by atoms with Gasteiger partial charge in [-0.05, 0) is 49.6 Å². The quantitative estimate of drug-likeness (QED) is 0.322. The molecule has 0 aliphatic rings. The van der Waals surface area contributed by atoms with Crippen LogP contribution in [0.3, 0.4) is 0 Å². The lowest BCUT2D eigenvalue weighted by molar-refractivity contribution is -0.157. The van der Waals surface area contributed by atoms with Gasteiger partial charge in [0.25, 0.3) is 5.91 Å². The number of benzene rings is 4. The highest BCUT2D eigenvalue weighted by Crippen LogP contribution is 2.24. The summed E-state index contributed by atoms with van der Waals surface area (Å²) in [5.74, 6) is -4.53. The fourth-order valence-corrected chi connectivity index (χ4v) is 3.94. The Labute approximate surface area is 218 Å². The number of fused-ring (bicyclic) bond motifs is 1. The van der Waals surface area contributed by atoms with Crippen molar-refractivity contribution in [1.82, 2.24) is 0 Å². The van der Waals surface area contributed by atoms with E-state index < -0.39 is 36.0 Å². The van der Waals surface area contributed by atoms with Crippen molar-refractivity contribution in [2.75, 3.05) is 5.32 Å². The minimum atomic E-state index is -2.12. The van der Waals surface area contributed by atoms with Crippen LogP contribution in [0.15, 0.2) is 91.0 Å². The van der Waals surface area contributed by atoms with E-state index >= 15 is 0 Å². The zero-order chi connectivity index (χ0) is 27.2. The predicted molar refractivity (Wildman–Crippen MR) is 141 cm³/mol. The van der Waals surface area contributed by atoms with Crippen LogP contribution in [0.25, 0.3) is 10.8 Å². The van der Waals surface area contributed by atoms with E-state index in [0.717, 1.165) is 16.5 Å². The lowest BCUT2D eigenvalue weighted by Gasteiger charge is -2.24. The highest BCUT2D eigenvalue weighted by molar-refractivity contribution is 6.06. The van der Waals surface area contributed by atoms with Crippen LogP contribution >= 0.6 is 0 Å². The van der Waals surface area contributed by atoms with Crippen LogP contribution in [0.2, 0.25) is 0 Å². The number of carbonyl (C=O) groups is 4. The Morgan fingerprint density at radius 3 is 1.79 bits per heavy atom. The second-order valence-electron chi connectivity index (χ2n) is 8.74. The van der Waals surface area contributed by atoms with Crippen LogP contribution in [-0.4, -0.2) is 41.1 Å². The van der Waals surface area contributed by atoms with Gasteiger partial charge < -0.3 is 19.9 Å². The standard InChI is InChI=1S/C30H25NO7/c1-18-8-5-12-21(16-18)29(35)37-25(26(28(33)34)38-30(36)22-13-6-9-19(2)17-22)27(32)31-24-15-7-11-20-10-3-4-14-23(20)24/h3-17,25-26H,1-2H3,(H,31,32)(H,33,34)/t25-,26+/m1/s1. The lowest BCUT2D eigenvalue weighted by atomic mass is 10.1. The zero-order valence-corrected chi connectivity index (χ0v) is 20.7. The molecule has 0 aliphatic carbocycles. The molecule has 0 unspecified atom stereocenters. The summed E-state index contributed by atoms with van der Waals surface area (Å²) in [6.45, 7) is 3.53. The molecule has 2 atom stereocenters. The van der Waals surface area contributed by atoms with E-state index in [9.17, 15) is 24.3 Å². The Hall–Kier alpha value is -4.98. The third kappa shape index (κ3) is 6.04. The first-order valence-corrected chi connectivity index (χ1v) is 11.8. The lowest BCUT2D eigenvalue weighted by Crippen LogP contribution is -2.48. The summed E-state index contributed by atoms with van der Waals surface area (Å²) in [6.07, 6.45) is -4.11. The number of amides is 1. The van der Waals surface area contributed by atoms with Crippen LogP contribution in [0, 0.1) is 13.8 Å². The number of carboxylic acids is 1. The van der Waals surface area contributed by atoms with Crippen LogP contribution in [-0.2, 0) is 19.1 Å². The number of hydrogen-bond donors (Lipinski definition) is 2. The fourth-order valence-electron chi connectivity index (χ4n) is 3.94. The average molecular weight is 512 g/mol. The summed E-state index contributed by atoms with van der Waals surface area (Å²) in [4.78, 5) is 51.5. The number of anilines is 1. The summed E-state index contributed by atoms with van der Waals surface area (Å²) in [7, 11) is 0. The van der Waals surface area contributed by atoms with E-state index in [-0.39, 0.29) is 11.1 Å². The third-order valence-electron chi connectivity index (χ3n) is 5.80. The SMILES string of the molecule is Cc1cccc(C(=O)O[C@H](C(=O)O)[C@@H](OC(=O)c2cccc(C)c2)C(=O)Nc2cccc3ccccc23)c1.